The Morgan fingerprint density at radius 2 is 1.78 bits per heavy atom. The number of hydrogen-bond donors (Lipinski definition) is 1. The average molecular weight is 319 g/mol. The van der Waals surface area contributed by atoms with Crippen LogP contribution in [-0.2, 0) is 14.0 Å². The number of esters is 1. The molecule has 0 atom stereocenters. The van der Waals surface area contributed by atoms with E-state index < -0.39 is 24.3 Å². The van der Waals surface area contributed by atoms with Gasteiger partial charge in [0, 0.05) is 7.05 Å². The number of hydrogen-bond acceptors (Lipinski definition) is 7. The maximum atomic E-state index is 12.0. The van der Waals surface area contributed by atoms with Crippen molar-refractivity contribution in [2.75, 3.05) is 19.9 Å². The van der Waals surface area contributed by atoms with Crippen molar-refractivity contribution in [2.24, 2.45) is 10.2 Å². The SMILES string of the molecule is CN=Nc1c(N)cc(B2OC(C)(C)C(C)(C)O2)cc1C(=O)OC. The Bertz CT molecular complexity index is 642. The summed E-state index contributed by atoms with van der Waals surface area (Å²) in [6, 6.07) is 3.30. The molecule has 1 fully saturated rings. The van der Waals surface area contributed by atoms with Crippen LogP contribution in [0.25, 0.3) is 0 Å². The maximum absolute atomic E-state index is 12.0. The number of methoxy groups -OCH3 is 1. The van der Waals surface area contributed by atoms with Crippen molar-refractivity contribution in [1.29, 1.82) is 0 Å². The van der Waals surface area contributed by atoms with Crippen molar-refractivity contribution in [2.45, 2.75) is 38.9 Å². The molecule has 0 unspecified atom stereocenters. The van der Waals surface area contributed by atoms with Crippen molar-refractivity contribution in [3.8, 4) is 0 Å². The van der Waals surface area contributed by atoms with Gasteiger partial charge in [-0.05, 0) is 45.3 Å². The van der Waals surface area contributed by atoms with Gasteiger partial charge in [0.25, 0.3) is 0 Å². The predicted molar refractivity (Wildman–Crippen MR) is 88.3 cm³/mol. The molecule has 0 saturated carbocycles. The Hall–Kier alpha value is -1.93. The first-order valence-electron chi connectivity index (χ1n) is 7.30. The lowest BCUT2D eigenvalue weighted by molar-refractivity contribution is 0.00578. The van der Waals surface area contributed by atoms with Crippen LogP contribution in [-0.4, -0.2) is 38.4 Å². The van der Waals surface area contributed by atoms with Gasteiger partial charge in [0.05, 0.1) is 29.6 Å². The summed E-state index contributed by atoms with van der Waals surface area (Å²) in [6.45, 7) is 7.82. The van der Waals surface area contributed by atoms with Crippen LogP contribution < -0.4 is 11.2 Å². The number of benzene rings is 1. The minimum Gasteiger partial charge on any atom is -0.465 e. The molecule has 0 amide bonds. The van der Waals surface area contributed by atoms with Gasteiger partial charge in [0.15, 0.2) is 0 Å². The first-order valence-corrected chi connectivity index (χ1v) is 7.30. The summed E-state index contributed by atoms with van der Waals surface area (Å²) < 4.78 is 16.8. The van der Waals surface area contributed by atoms with E-state index in [0.29, 0.717) is 11.2 Å². The molecule has 1 heterocycles. The third-order valence-corrected chi connectivity index (χ3v) is 4.29. The molecule has 8 heteroatoms. The van der Waals surface area contributed by atoms with Gasteiger partial charge in [-0.3, -0.25) is 0 Å². The lowest BCUT2D eigenvalue weighted by atomic mass is 9.77. The number of anilines is 1. The highest BCUT2D eigenvalue weighted by Crippen LogP contribution is 2.37. The van der Waals surface area contributed by atoms with Gasteiger partial charge in [-0.1, -0.05) is 0 Å². The monoisotopic (exact) mass is 319 g/mol. The number of nitrogen functional groups attached to an aromatic ring is 1. The van der Waals surface area contributed by atoms with Gasteiger partial charge in [-0.2, -0.15) is 10.2 Å². The quantitative estimate of drug-likeness (QED) is 0.398. The van der Waals surface area contributed by atoms with Crippen molar-refractivity contribution in [1.82, 2.24) is 0 Å². The number of ether oxygens (including phenoxy) is 1. The minimum absolute atomic E-state index is 0.225. The Balaban J connectivity index is 2.50. The molecule has 0 bridgehead atoms. The predicted octanol–water partition coefficient (Wildman–Crippen LogP) is 2.07. The molecular formula is C15H22BN3O4. The topological polar surface area (TPSA) is 95.5 Å². The molecule has 2 rings (SSSR count). The highest BCUT2D eigenvalue weighted by Gasteiger charge is 2.52. The van der Waals surface area contributed by atoms with Crippen LogP contribution in [0.1, 0.15) is 38.1 Å². The third-order valence-electron chi connectivity index (χ3n) is 4.29. The molecule has 0 spiro atoms. The van der Waals surface area contributed by atoms with Crippen molar-refractivity contribution in [3.63, 3.8) is 0 Å². The van der Waals surface area contributed by atoms with E-state index in [-0.39, 0.29) is 11.3 Å². The van der Waals surface area contributed by atoms with E-state index in [0.717, 1.165) is 0 Å². The van der Waals surface area contributed by atoms with Gasteiger partial charge in [-0.25, -0.2) is 4.79 Å². The number of nitrogens with zero attached hydrogens (tertiary/aromatic N) is 2. The van der Waals surface area contributed by atoms with E-state index in [2.05, 4.69) is 10.2 Å². The zero-order chi connectivity index (χ0) is 17.4. The normalized spacial score (nSPS) is 19.3. The highest BCUT2D eigenvalue weighted by molar-refractivity contribution is 6.62. The zero-order valence-electron chi connectivity index (χ0n) is 14.3. The number of carbonyl (C=O) groups is 1. The number of carbonyl (C=O) groups excluding carboxylic acids is 1. The first-order chi connectivity index (χ1) is 10.6. The summed E-state index contributed by atoms with van der Waals surface area (Å²) in [5.41, 5.74) is 6.50. The van der Waals surface area contributed by atoms with Crippen LogP contribution in [0, 0.1) is 0 Å². The van der Waals surface area contributed by atoms with Gasteiger partial charge < -0.3 is 19.8 Å². The van der Waals surface area contributed by atoms with Crippen molar-refractivity contribution < 1.29 is 18.8 Å². The second-order valence-corrected chi connectivity index (χ2v) is 6.39. The van der Waals surface area contributed by atoms with E-state index in [1.807, 2.05) is 27.7 Å². The summed E-state index contributed by atoms with van der Waals surface area (Å²) >= 11 is 0. The molecule has 0 radical (unpaired) electrons. The summed E-state index contributed by atoms with van der Waals surface area (Å²) in [7, 11) is 2.17. The summed E-state index contributed by atoms with van der Waals surface area (Å²) in [5, 5.41) is 7.61. The third kappa shape index (κ3) is 3.09. The molecule has 124 valence electrons. The van der Waals surface area contributed by atoms with E-state index in [4.69, 9.17) is 19.8 Å². The highest BCUT2D eigenvalue weighted by atomic mass is 16.7. The molecule has 1 saturated heterocycles. The lowest BCUT2D eigenvalue weighted by Crippen LogP contribution is -2.41. The smallest absolute Gasteiger partial charge is 0.465 e. The number of azo groups is 1. The molecule has 0 aliphatic carbocycles. The summed E-state index contributed by atoms with van der Waals surface area (Å²) in [6.07, 6.45) is 0. The van der Waals surface area contributed by atoms with Gasteiger partial charge in [-0.15, -0.1) is 0 Å². The van der Waals surface area contributed by atoms with Crippen molar-refractivity contribution >= 4 is 29.9 Å². The summed E-state index contributed by atoms with van der Waals surface area (Å²) in [4.78, 5) is 12.0. The average Bonchev–Trinajstić information content (AvgIpc) is 2.68. The van der Waals surface area contributed by atoms with Crippen LogP contribution in [0.4, 0.5) is 11.4 Å². The van der Waals surface area contributed by atoms with Crippen LogP contribution >= 0.6 is 0 Å². The Morgan fingerprint density at radius 3 is 2.26 bits per heavy atom. The Labute approximate surface area is 136 Å². The van der Waals surface area contributed by atoms with Crippen LogP contribution in [0.5, 0.6) is 0 Å². The lowest BCUT2D eigenvalue weighted by Gasteiger charge is -2.32. The molecule has 1 aromatic carbocycles. The standard InChI is InChI=1S/C15H22BN3O4/c1-14(2)15(3,4)23-16(22-14)9-7-10(13(20)21-6)12(19-18-5)11(17)8-9/h7-8H,17H2,1-6H3. The second kappa shape index (κ2) is 5.94. The maximum Gasteiger partial charge on any atom is 0.494 e. The first kappa shape index (κ1) is 17.4. The molecule has 1 aromatic rings. The van der Waals surface area contributed by atoms with Gasteiger partial charge >= 0.3 is 13.1 Å². The Kier molecular flexibility index (Phi) is 4.50. The second-order valence-electron chi connectivity index (χ2n) is 6.39. The molecule has 23 heavy (non-hydrogen) atoms. The largest absolute Gasteiger partial charge is 0.494 e. The fourth-order valence-corrected chi connectivity index (χ4v) is 2.27. The molecular weight excluding hydrogens is 297 g/mol. The summed E-state index contributed by atoms with van der Waals surface area (Å²) in [5.74, 6) is -0.544. The fraction of sp³-hybridized carbons (Fsp3) is 0.533. The fourth-order valence-electron chi connectivity index (χ4n) is 2.27. The minimum atomic E-state index is -0.627. The van der Waals surface area contributed by atoms with Crippen molar-refractivity contribution in [3.05, 3.63) is 17.7 Å². The van der Waals surface area contributed by atoms with Gasteiger partial charge in [0.2, 0.25) is 0 Å². The van der Waals surface area contributed by atoms with Crippen LogP contribution in [0.3, 0.4) is 0 Å². The van der Waals surface area contributed by atoms with E-state index in [1.165, 1.54) is 14.2 Å². The molecule has 1 aliphatic heterocycles. The van der Waals surface area contributed by atoms with Crippen LogP contribution in [0.2, 0.25) is 0 Å². The van der Waals surface area contributed by atoms with E-state index in [9.17, 15) is 4.79 Å². The molecule has 2 N–H and O–H groups in total. The number of nitrogens with two attached hydrogens (primary N) is 1. The molecule has 0 aromatic heterocycles. The van der Waals surface area contributed by atoms with Gasteiger partial charge in [0.1, 0.15) is 5.69 Å². The zero-order valence-corrected chi connectivity index (χ0v) is 14.3. The molecule has 1 aliphatic rings. The van der Waals surface area contributed by atoms with E-state index >= 15 is 0 Å². The van der Waals surface area contributed by atoms with Crippen LogP contribution in [0.15, 0.2) is 22.4 Å². The number of rotatable bonds is 3. The Morgan fingerprint density at radius 1 is 1.22 bits per heavy atom. The van der Waals surface area contributed by atoms with E-state index in [1.54, 1.807) is 12.1 Å². The molecule has 7 nitrogen and oxygen atoms in total.